The molecule has 7 rings (SSSR count). The molecule has 0 saturated carbocycles. The molecule has 5 heterocycles. The number of benzene rings is 2. The number of fused-ring (bicyclic) bond motifs is 1. The van der Waals surface area contributed by atoms with Crippen molar-refractivity contribution in [3.63, 3.8) is 0 Å². The average molecular weight is 775 g/mol. The van der Waals surface area contributed by atoms with Gasteiger partial charge in [0.1, 0.15) is 41.0 Å². The summed E-state index contributed by atoms with van der Waals surface area (Å²) in [5.41, 5.74) is 3.44. The first-order valence-electron chi connectivity index (χ1n) is 18.2. The van der Waals surface area contributed by atoms with Gasteiger partial charge in [-0.05, 0) is 101 Å². The van der Waals surface area contributed by atoms with E-state index in [1.807, 2.05) is 36.9 Å². The summed E-state index contributed by atoms with van der Waals surface area (Å²) in [6, 6.07) is 12.2. The highest BCUT2D eigenvalue weighted by Crippen LogP contribution is 2.36. The van der Waals surface area contributed by atoms with Gasteiger partial charge >= 0.3 is 0 Å². The van der Waals surface area contributed by atoms with Crippen molar-refractivity contribution in [1.82, 2.24) is 34.1 Å². The molecule has 5 aromatic rings. The van der Waals surface area contributed by atoms with E-state index in [4.69, 9.17) is 15.0 Å². The quantitative estimate of drug-likeness (QED) is 0.0650. The smallest absolute Gasteiger partial charge is 0.166 e. The van der Waals surface area contributed by atoms with Crippen molar-refractivity contribution in [2.45, 2.75) is 51.9 Å². The highest BCUT2D eigenvalue weighted by atomic mass is 32.2. The fraction of sp³-hybridized carbons (Fsp3) is 0.410. The van der Waals surface area contributed by atoms with Crippen LogP contribution in [0.3, 0.4) is 0 Å². The molecule has 2 aromatic carbocycles. The van der Waals surface area contributed by atoms with Crippen LogP contribution in [0.1, 0.15) is 37.6 Å². The largest absolute Gasteiger partial charge is 0.350 e. The summed E-state index contributed by atoms with van der Waals surface area (Å²) >= 11 is 3.74. The maximum atomic E-state index is 15.1. The van der Waals surface area contributed by atoms with Crippen LogP contribution in [0.25, 0.3) is 28.0 Å². The van der Waals surface area contributed by atoms with Crippen LogP contribution in [0, 0.1) is 30.3 Å². The zero-order chi connectivity index (χ0) is 37.9. The number of aliphatic imine (C=N–C) groups is 2. The number of aromatic nitrogens is 5. The molecule has 10 nitrogen and oxygen atoms in total. The minimum Gasteiger partial charge on any atom is -0.350 e. The molecule has 54 heavy (non-hydrogen) atoms. The molecule has 0 amide bonds. The molecule has 1 N–H and O–H groups in total. The number of hydrogen-bond donors (Lipinski definition) is 1. The van der Waals surface area contributed by atoms with Gasteiger partial charge in [-0.3, -0.25) is 4.99 Å². The Morgan fingerprint density at radius 2 is 1.93 bits per heavy atom. The van der Waals surface area contributed by atoms with Crippen molar-refractivity contribution in [2.75, 3.05) is 49.1 Å². The predicted octanol–water partition coefficient (Wildman–Crippen LogP) is 8.02. The van der Waals surface area contributed by atoms with Crippen LogP contribution in [-0.2, 0) is 6.54 Å². The lowest BCUT2D eigenvalue weighted by atomic mass is 9.94. The van der Waals surface area contributed by atoms with Gasteiger partial charge < -0.3 is 19.7 Å². The van der Waals surface area contributed by atoms with Gasteiger partial charge in [-0.25, -0.2) is 32.8 Å². The number of aryl methyl sites for hydroxylation is 2. The Hall–Kier alpha value is -4.34. The molecule has 0 bridgehead atoms. The third-order valence-electron chi connectivity index (χ3n) is 9.90. The number of halogens is 3. The monoisotopic (exact) mass is 774 g/mol. The van der Waals surface area contributed by atoms with Gasteiger partial charge in [-0.1, -0.05) is 13.0 Å². The summed E-state index contributed by atoms with van der Waals surface area (Å²) in [5.74, 6) is 5.21. The maximum absolute atomic E-state index is 15.1. The van der Waals surface area contributed by atoms with Gasteiger partial charge in [-0.2, -0.15) is 16.9 Å². The summed E-state index contributed by atoms with van der Waals surface area (Å²) < 4.78 is 47.4. The van der Waals surface area contributed by atoms with Crippen LogP contribution >= 0.6 is 23.5 Å². The molecule has 2 fully saturated rings. The average Bonchev–Trinajstić information content (AvgIpc) is 3.67. The van der Waals surface area contributed by atoms with E-state index in [1.54, 1.807) is 18.0 Å². The molecule has 3 aromatic heterocycles. The Labute approximate surface area is 322 Å². The van der Waals surface area contributed by atoms with Crippen LogP contribution < -0.4 is 5.32 Å². The Kier molecular flexibility index (Phi) is 11.7. The SMILES string of the molecule is C=Nc1c(C(=NCSCC2CSC2)N2C(CC)CC2Nc2cccc(-c3cc(F)cc4nc(C)n(CCCN(C)C)c34)n2)cnn1-c1ccc(F)cc1F. The van der Waals surface area contributed by atoms with E-state index in [-0.39, 0.29) is 23.7 Å². The fourth-order valence-electron chi connectivity index (χ4n) is 7.11. The second kappa shape index (κ2) is 16.6. The number of anilines is 1. The molecule has 2 saturated heterocycles. The minimum absolute atomic E-state index is 0.0632. The lowest BCUT2D eigenvalue weighted by Crippen LogP contribution is -2.61. The molecular formula is C39H45F3N10S2. The topological polar surface area (TPSA) is 91.8 Å². The van der Waals surface area contributed by atoms with E-state index in [9.17, 15) is 4.39 Å². The minimum atomic E-state index is -0.759. The molecule has 2 unspecified atom stereocenters. The number of imidazole rings is 1. The Balaban J connectivity index is 1.21. The zero-order valence-electron chi connectivity index (χ0n) is 31.0. The number of amidine groups is 1. The fourth-order valence-corrected chi connectivity index (χ4v) is 9.10. The van der Waals surface area contributed by atoms with Gasteiger partial charge in [0.15, 0.2) is 11.6 Å². The van der Waals surface area contributed by atoms with E-state index >= 15 is 8.78 Å². The lowest BCUT2D eigenvalue weighted by molar-refractivity contribution is 0.112. The Morgan fingerprint density at radius 1 is 1.09 bits per heavy atom. The summed E-state index contributed by atoms with van der Waals surface area (Å²) in [6.45, 7) is 9.55. The van der Waals surface area contributed by atoms with E-state index in [0.717, 1.165) is 55.5 Å². The molecule has 0 aliphatic carbocycles. The summed E-state index contributed by atoms with van der Waals surface area (Å²) in [5, 5.41) is 8.12. The number of hydrogen-bond acceptors (Lipinski definition) is 9. The maximum Gasteiger partial charge on any atom is 0.166 e. The van der Waals surface area contributed by atoms with Crippen LogP contribution in [0.5, 0.6) is 0 Å². The van der Waals surface area contributed by atoms with Crippen molar-refractivity contribution < 1.29 is 13.2 Å². The van der Waals surface area contributed by atoms with E-state index < -0.39 is 11.6 Å². The molecule has 2 atom stereocenters. The number of thioether (sulfide) groups is 2. The first-order chi connectivity index (χ1) is 26.1. The summed E-state index contributed by atoms with van der Waals surface area (Å²) in [4.78, 5) is 23.5. The van der Waals surface area contributed by atoms with Crippen molar-refractivity contribution in [3.05, 3.63) is 83.6 Å². The van der Waals surface area contributed by atoms with Crippen molar-refractivity contribution in [1.29, 1.82) is 0 Å². The summed E-state index contributed by atoms with van der Waals surface area (Å²) in [7, 11) is 4.10. The first kappa shape index (κ1) is 38.0. The van der Waals surface area contributed by atoms with E-state index in [2.05, 4.69) is 57.5 Å². The number of rotatable bonds is 15. The number of nitrogens with zero attached hydrogens (tertiary/aromatic N) is 9. The lowest BCUT2D eigenvalue weighted by Gasteiger charge is -2.50. The van der Waals surface area contributed by atoms with Gasteiger partial charge in [0.2, 0.25) is 0 Å². The van der Waals surface area contributed by atoms with Gasteiger partial charge in [0.05, 0.1) is 34.4 Å². The van der Waals surface area contributed by atoms with Gasteiger partial charge in [0, 0.05) is 36.7 Å². The van der Waals surface area contributed by atoms with Gasteiger partial charge in [0.25, 0.3) is 0 Å². The number of pyridine rings is 1. The zero-order valence-corrected chi connectivity index (χ0v) is 32.6. The molecule has 2 aliphatic rings. The molecule has 15 heteroatoms. The van der Waals surface area contributed by atoms with Crippen molar-refractivity contribution in [3.8, 4) is 16.9 Å². The first-order valence-corrected chi connectivity index (χ1v) is 20.5. The van der Waals surface area contributed by atoms with Crippen molar-refractivity contribution in [2.24, 2.45) is 15.9 Å². The highest BCUT2D eigenvalue weighted by molar-refractivity contribution is 8.01. The standard InChI is InChI=1S/C39H45F3N10S2/c1-6-28-18-36(48-35-10-7-9-32(47-35)29-15-27(41)17-33-37(29)50(24(2)46-33)14-8-13-49(4)5)51(28)39(44-23-54-22-25-20-53-21-25)30-19-45-52(38(30)43-3)34-12-11-26(40)16-31(34)42/h7,9-12,15-17,19,25,28,36H,3,6,8,13-14,18,20-23H2,1-2,4-5H3,(H,47,48). The van der Waals surface area contributed by atoms with Crippen molar-refractivity contribution >= 4 is 58.7 Å². The molecular weight excluding hydrogens is 730 g/mol. The second-order valence-electron chi connectivity index (χ2n) is 14.0. The molecule has 2 aliphatic heterocycles. The molecule has 0 radical (unpaired) electrons. The van der Waals surface area contributed by atoms with E-state index in [0.29, 0.717) is 51.6 Å². The highest BCUT2D eigenvalue weighted by Gasteiger charge is 2.41. The van der Waals surface area contributed by atoms with Gasteiger partial charge in [-0.15, -0.1) is 11.8 Å². The summed E-state index contributed by atoms with van der Waals surface area (Å²) in [6.07, 6.45) is 4.02. The Bertz CT molecular complexity index is 2160. The molecule has 284 valence electrons. The van der Waals surface area contributed by atoms with Crippen LogP contribution in [0.4, 0.5) is 24.8 Å². The van der Waals surface area contributed by atoms with Crippen LogP contribution in [-0.4, -0.2) is 103 Å². The predicted molar refractivity (Wildman–Crippen MR) is 216 cm³/mol. The molecule has 0 spiro atoms. The second-order valence-corrected chi connectivity index (χ2v) is 16.1. The third kappa shape index (κ3) is 7.89. The normalized spacial score (nSPS) is 17.6. The Morgan fingerprint density at radius 3 is 2.65 bits per heavy atom. The van der Waals surface area contributed by atoms with Crippen LogP contribution in [0.15, 0.2) is 64.7 Å². The van der Waals surface area contributed by atoms with E-state index in [1.165, 1.54) is 40.5 Å². The number of likely N-dealkylation sites (tertiary alicyclic amines) is 1. The number of nitrogens with one attached hydrogen (secondary N) is 1. The third-order valence-corrected chi connectivity index (χ3v) is 12.3. The van der Waals surface area contributed by atoms with Crippen LogP contribution in [0.2, 0.25) is 0 Å².